The van der Waals surface area contributed by atoms with Crippen LogP contribution in [0.25, 0.3) is 0 Å². The van der Waals surface area contributed by atoms with E-state index < -0.39 is 0 Å². The molecule has 7 heteroatoms. The number of nitrogens with one attached hydrogen (secondary N) is 1. The number of rotatable bonds is 3. The predicted molar refractivity (Wildman–Crippen MR) is 108 cm³/mol. The number of carbonyl (C=O) groups is 1. The van der Waals surface area contributed by atoms with E-state index in [1.165, 1.54) is 38.6 Å². The van der Waals surface area contributed by atoms with Crippen LogP contribution < -0.4 is 5.32 Å². The maximum absolute atomic E-state index is 13.3. The van der Waals surface area contributed by atoms with Crippen LogP contribution in [0.2, 0.25) is 0 Å². The van der Waals surface area contributed by atoms with Crippen molar-refractivity contribution in [2.24, 2.45) is 17.3 Å². The average Bonchev–Trinajstić information content (AvgIpc) is 3.08. The summed E-state index contributed by atoms with van der Waals surface area (Å²) in [5, 5.41) is 3.52. The van der Waals surface area contributed by atoms with Gasteiger partial charge >= 0.3 is 0 Å². The normalized spacial score (nSPS) is 33.1. The second-order valence-electron chi connectivity index (χ2n) is 8.38. The van der Waals surface area contributed by atoms with E-state index in [-0.39, 0.29) is 30.2 Å². The Balaban J connectivity index is 0.00000121. The van der Waals surface area contributed by atoms with Crippen molar-refractivity contribution < 1.29 is 9.53 Å². The van der Waals surface area contributed by atoms with Gasteiger partial charge in [0.1, 0.15) is 0 Å². The van der Waals surface area contributed by atoms with Crippen LogP contribution in [0.5, 0.6) is 0 Å². The Labute approximate surface area is 170 Å². The third-order valence-electron chi connectivity index (χ3n) is 6.99. The number of hydrogen-bond donors (Lipinski definition) is 1. The number of carbonyl (C=O) groups excluding carboxylic acids is 1. The molecule has 3 heterocycles. The molecule has 2 atom stereocenters. The van der Waals surface area contributed by atoms with E-state index in [0.717, 1.165) is 64.8 Å². The van der Waals surface area contributed by atoms with Crippen LogP contribution in [0.15, 0.2) is 0 Å². The highest BCUT2D eigenvalue weighted by Gasteiger charge is 2.51. The number of likely N-dealkylation sites (tertiary alicyclic amines) is 1. The van der Waals surface area contributed by atoms with Gasteiger partial charge in [-0.2, -0.15) is 0 Å². The zero-order valence-corrected chi connectivity index (χ0v) is 17.4. The van der Waals surface area contributed by atoms with Crippen LogP contribution in [0.3, 0.4) is 0 Å². The third kappa shape index (κ3) is 4.49. The minimum absolute atomic E-state index is 0. The van der Waals surface area contributed by atoms with Crippen molar-refractivity contribution in [3.63, 3.8) is 0 Å². The number of morpholine rings is 1. The largest absolute Gasteiger partial charge is 0.379 e. The van der Waals surface area contributed by atoms with Crippen LogP contribution in [-0.2, 0) is 9.53 Å². The van der Waals surface area contributed by atoms with Crippen molar-refractivity contribution in [3.8, 4) is 0 Å². The van der Waals surface area contributed by atoms with Crippen LogP contribution >= 0.6 is 24.8 Å². The number of nitrogens with zero attached hydrogens (tertiary/aromatic N) is 2. The van der Waals surface area contributed by atoms with E-state index in [0.29, 0.717) is 11.8 Å². The molecule has 0 aromatic heterocycles. The molecule has 4 fully saturated rings. The van der Waals surface area contributed by atoms with E-state index in [1.54, 1.807) is 0 Å². The summed E-state index contributed by atoms with van der Waals surface area (Å²) in [5.74, 6) is 1.82. The molecule has 3 aliphatic heterocycles. The first-order valence-corrected chi connectivity index (χ1v) is 10.1. The van der Waals surface area contributed by atoms with Crippen molar-refractivity contribution in [2.75, 3.05) is 59.0 Å². The molecule has 4 rings (SSSR count). The molecule has 1 N–H and O–H groups in total. The number of piperidine rings is 1. The van der Waals surface area contributed by atoms with Crippen molar-refractivity contribution in [1.82, 2.24) is 15.1 Å². The number of amides is 1. The monoisotopic (exact) mass is 407 g/mol. The van der Waals surface area contributed by atoms with E-state index in [9.17, 15) is 4.79 Å². The van der Waals surface area contributed by atoms with Gasteiger partial charge in [-0.3, -0.25) is 9.69 Å². The molecule has 0 aromatic carbocycles. The molecule has 1 amide bonds. The van der Waals surface area contributed by atoms with Crippen LogP contribution in [0.1, 0.15) is 38.5 Å². The van der Waals surface area contributed by atoms with E-state index in [1.807, 2.05) is 0 Å². The first-order chi connectivity index (χ1) is 11.8. The predicted octanol–water partition coefficient (Wildman–Crippen LogP) is 2.18. The minimum Gasteiger partial charge on any atom is -0.379 e. The second kappa shape index (κ2) is 9.92. The summed E-state index contributed by atoms with van der Waals surface area (Å²) < 4.78 is 5.44. The fourth-order valence-electron chi connectivity index (χ4n) is 5.45. The first kappa shape index (κ1) is 22.2. The summed E-state index contributed by atoms with van der Waals surface area (Å²) in [5.41, 5.74) is -0.0602. The lowest BCUT2D eigenvalue weighted by atomic mass is 9.67. The van der Waals surface area contributed by atoms with Gasteiger partial charge in [0.2, 0.25) is 5.91 Å². The highest BCUT2D eigenvalue weighted by Crippen LogP contribution is 2.45. The lowest BCUT2D eigenvalue weighted by Crippen LogP contribution is -2.52. The average molecular weight is 408 g/mol. The summed E-state index contributed by atoms with van der Waals surface area (Å²) in [4.78, 5) is 18.1. The maximum Gasteiger partial charge on any atom is 0.230 e. The highest BCUT2D eigenvalue weighted by atomic mass is 35.5. The number of ether oxygens (including phenoxy) is 1. The lowest BCUT2D eigenvalue weighted by molar-refractivity contribution is -0.147. The summed E-state index contributed by atoms with van der Waals surface area (Å²) >= 11 is 0. The summed E-state index contributed by atoms with van der Waals surface area (Å²) in [6.07, 6.45) is 7.25. The zero-order valence-electron chi connectivity index (χ0n) is 15.8. The van der Waals surface area contributed by atoms with Crippen molar-refractivity contribution in [1.29, 1.82) is 0 Å². The van der Waals surface area contributed by atoms with Gasteiger partial charge in [0.05, 0.1) is 18.6 Å². The summed E-state index contributed by atoms with van der Waals surface area (Å²) in [6.45, 7) is 9.04. The molecule has 1 saturated carbocycles. The molecule has 26 heavy (non-hydrogen) atoms. The number of fused-ring (bicyclic) bond motifs is 1. The summed E-state index contributed by atoms with van der Waals surface area (Å²) in [6, 6.07) is 0. The van der Waals surface area contributed by atoms with Crippen molar-refractivity contribution in [2.45, 2.75) is 38.5 Å². The molecule has 4 aliphatic rings. The molecule has 0 unspecified atom stereocenters. The maximum atomic E-state index is 13.3. The van der Waals surface area contributed by atoms with E-state index in [2.05, 4.69) is 15.1 Å². The standard InChI is InChI=1S/C19H33N3O2.2ClH/c23-18(19-6-2-1-3-17(19)13-20-15-19)22-7-4-16(5-8-22)14-21-9-11-24-12-10-21;;/h16-17,20H,1-15H2;2*1H/t17-,19+;;/m0../s1. The Morgan fingerprint density at radius 3 is 2.50 bits per heavy atom. The smallest absolute Gasteiger partial charge is 0.230 e. The SMILES string of the molecule is Cl.Cl.O=C(N1CCC(CN2CCOCC2)CC1)[C@@]12CCCC[C@H]1CNC2. The molecule has 3 saturated heterocycles. The highest BCUT2D eigenvalue weighted by molar-refractivity contribution is 5.85. The van der Waals surface area contributed by atoms with Gasteiger partial charge in [-0.15, -0.1) is 24.8 Å². The Bertz CT molecular complexity index is 454. The number of halogens is 2. The number of hydrogen-bond acceptors (Lipinski definition) is 4. The van der Waals surface area contributed by atoms with E-state index >= 15 is 0 Å². The molecule has 0 spiro atoms. The van der Waals surface area contributed by atoms with Crippen molar-refractivity contribution >= 4 is 30.7 Å². The van der Waals surface area contributed by atoms with Crippen molar-refractivity contribution in [3.05, 3.63) is 0 Å². The van der Waals surface area contributed by atoms with Crippen LogP contribution in [0, 0.1) is 17.3 Å². The van der Waals surface area contributed by atoms with Gasteiger partial charge in [-0.1, -0.05) is 12.8 Å². The Hall–Kier alpha value is -0.0700. The van der Waals surface area contributed by atoms with Gasteiger partial charge in [0.25, 0.3) is 0 Å². The van der Waals surface area contributed by atoms with Crippen LogP contribution in [-0.4, -0.2) is 74.7 Å². The van der Waals surface area contributed by atoms with Gasteiger partial charge < -0.3 is 15.0 Å². The lowest BCUT2D eigenvalue weighted by Gasteiger charge is -2.43. The Kier molecular flexibility index (Phi) is 8.48. The van der Waals surface area contributed by atoms with Gasteiger partial charge in [-0.05, 0) is 44.1 Å². The molecule has 0 bridgehead atoms. The molecule has 5 nitrogen and oxygen atoms in total. The molecular formula is C19H35Cl2N3O2. The Morgan fingerprint density at radius 2 is 1.77 bits per heavy atom. The Morgan fingerprint density at radius 1 is 1.04 bits per heavy atom. The topological polar surface area (TPSA) is 44.8 Å². The molecule has 1 aliphatic carbocycles. The summed E-state index contributed by atoms with van der Waals surface area (Å²) in [7, 11) is 0. The quantitative estimate of drug-likeness (QED) is 0.778. The molecule has 0 aromatic rings. The van der Waals surface area contributed by atoms with Gasteiger partial charge in [-0.25, -0.2) is 0 Å². The van der Waals surface area contributed by atoms with Crippen LogP contribution in [0.4, 0.5) is 0 Å². The zero-order chi connectivity index (χ0) is 16.4. The fourth-order valence-corrected chi connectivity index (χ4v) is 5.45. The first-order valence-electron chi connectivity index (χ1n) is 10.1. The molecule has 152 valence electrons. The second-order valence-corrected chi connectivity index (χ2v) is 8.38. The van der Waals surface area contributed by atoms with Gasteiger partial charge in [0, 0.05) is 39.3 Å². The molecule has 0 radical (unpaired) electrons. The third-order valence-corrected chi connectivity index (χ3v) is 6.99. The molecular weight excluding hydrogens is 373 g/mol. The minimum atomic E-state index is -0.0602. The van der Waals surface area contributed by atoms with E-state index in [4.69, 9.17) is 4.74 Å². The van der Waals surface area contributed by atoms with Gasteiger partial charge in [0.15, 0.2) is 0 Å². The fraction of sp³-hybridized carbons (Fsp3) is 0.947.